The van der Waals surface area contributed by atoms with Gasteiger partial charge in [-0.3, -0.25) is 5.43 Å². The number of aromatic nitrogens is 2. The summed E-state index contributed by atoms with van der Waals surface area (Å²) in [5, 5.41) is 14.4. The van der Waals surface area contributed by atoms with E-state index in [0.717, 1.165) is 11.9 Å². The number of nitrogens with one attached hydrogen (secondary N) is 3. The zero-order valence-corrected chi connectivity index (χ0v) is 14.6. The fourth-order valence-corrected chi connectivity index (χ4v) is 2.21. The van der Waals surface area contributed by atoms with Crippen molar-refractivity contribution < 1.29 is 9.53 Å². The number of carbonyl (C=O) groups is 1. The Morgan fingerprint density at radius 1 is 1.44 bits per heavy atom. The molecule has 0 saturated heterocycles. The molecule has 1 aromatic carbocycles. The van der Waals surface area contributed by atoms with Crippen LogP contribution in [0.1, 0.15) is 17.3 Å². The van der Waals surface area contributed by atoms with Crippen LogP contribution in [0.25, 0.3) is 0 Å². The lowest BCUT2D eigenvalue weighted by molar-refractivity contribution is 0.0526. The molecule has 8 nitrogen and oxygen atoms in total. The number of carbonyl (C=O) groups excluding carboxylic acids is 1. The lowest BCUT2D eigenvalue weighted by Crippen LogP contribution is -2.10. The van der Waals surface area contributed by atoms with E-state index in [2.05, 4.69) is 25.8 Å². The Hall–Kier alpha value is -2.94. The molecule has 1 aromatic heterocycles. The highest BCUT2D eigenvalue weighted by atomic mass is 32.2. The molecule has 0 radical (unpaired) electrons. The van der Waals surface area contributed by atoms with E-state index >= 15 is 0 Å². The average Bonchev–Trinajstić information content (AvgIpc) is 2.62. The molecule has 130 valence electrons. The predicted octanol–water partition coefficient (Wildman–Crippen LogP) is 3.17. The van der Waals surface area contributed by atoms with Crippen LogP contribution < -0.4 is 10.7 Å². The smallest absolute Gasteiger partial charge is 0.343 e. The van der Waals surface area contributed by atoms with Gasteiger partial charge in [-0.25, -0.2) is 14.8 Å². The van der Waals surface area contributed by atoms with Crippen molar-refractivity contribution in [1.82, 2.24) is 9.97 Å². The number of hydrogen-bond donors (Lipinski definition) is 3. The van der Waals surface area contributed by atoms with Crippen LogP contribution in [-0.2, 0) is 4.74 Å². The zero-order chi connectivity index (χ0) is 18.1. The van der Waals surface area contributed by atoms with Crippen LogP contribution in [0.3, 0.4) is 0 Å². The number of rotatable bonds is 8. The second-order valence-corrected chi connectivity index (χ2v) is 5.38. The van der Waals surface area contributed by atoms with Gasteiger partial charge >= 0.3 is 5.97 Å². The van der Waals surface area contributed by atoms with Crippen molar-refractivity contribution in [2.24, 2.45) is 5.10 Å². The molecular weight excluding hydrogens is 340 g/mol. The summed E-state index contributed by atoms with van der Waals surface area (Å²) < 4.78 is 5.05. The fourth-order valence-electron chi connectivity index (χ4n) is 1.87. The van der Waals surface area contributed by atoms with Gasteiger partial charge in [0.1, 0.15) is 11.4 Å². The number of hydrogen-bond acceptors (Lipinski definition) is 9. The van der Waals surface area contributed by atoms with Gasteiger partial charge in [0.15, 0.2) is 5.16 Å². The standard InChI is InChI=1S/C16H18N6O2S/c1-3-24-15(23)13-10-18-16(25-2)21-14(13)20-11-5-4-6-12(9-11)22-19-8-7-17/h4-10,17,22H,3H2,1-2H3,(H,18,20,21)/b17-7?,19-8-. The van der Waals surface area contributed by atoms with Gasteiger partial charge in [0, 0.05) is 18.1 Å². The minimum Gasteiger partial charge on any atom is -0.462 e. The molecule has 0 aliphatic carbocycles. The fraction of sp³-hybridized carbons (Fsp3) is 0.188. The third-order valence-corrected chi connectivity index (χ3v) is 3.47. The highest BCUT2D eigenvalue weighted by Gasteiger charge is 2.16. The first kappa shape index (κ1) is 18.4. The summed E-state index contributed by atoms with van der Waals surface area (Å²) in [6, 6.07) is 7.29. The summed E-state index contributed by atoms with van der Waals surface area (Å²) in [4.78, 5) is 20.6. The summed E-state index contributed by atoms with van der Waals surface area (Å²) in [5.41, 5.74) is 4.50. The Labute approximate surface area is 149 Å². The van der Waals surface area contributed by atoms with Crippen molar-refractivity contribution >= 4 is 47.4 Å². The highest BCUT2D eigenvalue weighted by Crippen LogP contribution is 2.23. The van der Waals surface area contributed by atoms with Gasteiger partial charge in [-0.15, -0.1) is 0 Å². The molecule has 25 heavy (non-hydrogen) atoms. The normalized spacial score (nSPS) is 10.5. The van der Waals surface area contributed by atoms with Crippen molar-refractivity contribution in [2.45, 2.75) is 12.1 Å². The molecule has 0 unspecified atom stereocenters. The van der Waals surface area contributed by atoms with Gasteiger partial charge in [0.25, 0.3) is 0 Å². The third-order valence-electron chi connectivity index (χ3n) is 2.91. The molecule has 1 heterocycles. The maximum Gasteiger partial charge on any atom is 0.343 e. The molecule has 0 bridgehead atoms. The molecule has 2 aromatic rings. The first-order valence-corrected chi connectivity index (χ1v) is 8.63. The Morgan fingerprint density at radius 2 is 2.24 bits per heavy atom. The first-order chi connectivity index (χ1) is 12.2. The van der Waals surface area contributed by atoms with Gasteiger partial charge in [-0.05, 0) is 31.4 Å². The van der Waals surface area contributed by atoms with E-state index in [1.807, 2.05) is 24.5 Å². The van der Waals surface area contributed by atoms with E-state index in [0.29, 0.717) is 16.7 Å². The van der Waals surface area contributed by atoms with Crippen LogP contribution in [0.2, 0.25) is 0 Å². The minimum atomic E-state index is -0.484. The Kier molecular flexibility index (Phi) is 6.90. The molecular formula is C16H18N6O2S. The van der Waals surface area contributed by atoms with Crippen LogP contribution in [0.4, 0.5) is 17.2 Å². The lowest BCUT2D eigenvalue weighted by atomic mass is 10.2. The van der Waals surface area contributed by atoms with Crippen molar-refractivity contribution in [1.29, 1.82) is 5.41 Å². The molecule has 0 aliphatic heterocycles. The minimum absolute atomic E-state index is 0.264. The Bertz CT molecular complexity index is 781. The van der Waals surface area contributed by atoms with Gasteiger partial charge in [-0.2, -0.15) is 5.10 Å². The summed E-state index contributed by atoms with van der Waals surface area (Å²) in [5.74, 6) is -0.111. The monoisotopic (exact) mass is 358 g/mol. The second kappa shape index (κ2) is 9.38. The molecule has 0 amide bonds. The van der Waals surface area contributed by atoms with Gasteiger partial charge < -0.3 is 15.5 Å². The maximum absolute atomic E-state index is 12.1. The molecule has 9 heteroatoms. The van der Waals surface area contributed by atoms with E-state index in [4.69, 9.17) is 10.1 Å². The summed E-state index contributed by atoms with van der Waals surface area (Å²) in [6.45, 7) is 2.01. The van der Waals surface area contributed by atoms with Crippen molar-refractivity contribution in [3.63, 3.8) is 0 Å². The molecule has 0 aliphatic rings. The summed E-state index contributed by atoms with van der Waals surface area (Å²) in [6.07, 6.45) is 5.71. The van der Waals surface area contributed by atoms with E-state index in [-0.39, 0.29) is 12.2 Å². The zero-order valence-electron chi connectivity index (χ0n) is 13.8. The number of benzene rings is 1. The second-order valence-electron chi connectivity index (χ2n) is 4.60. The average molecular weight is 358 g/mol. The SMILES string of the molecule is CCOC(=O)c1cnc(SC)nc1Nc1cccc(N/N=C\C=N)c1. The van der Waals surface area contributed by atoms with Gasteiger partial charge in [0.05, 0.1) is 18.5 Å². The van der Waals surface area contributed by atoms with E-state index in [9.17, 15) is 4.79 Å². The molecule has 0 fully saturated rings. The molecule has 0 saturated carbocycles. The maximum atomic E-state index is 12.1. The quantitative estimate of drug-likeness (QED) is 0.218. The number of thioether (sulfide) groups is 1. The molecule has 0 spiro atoms. The van der Waals surface area contributed by atoms with E-state index in [1.165, 1.54) is 24.2 Å². The number of anilines is 3. The highest BCUT2D eigenvalue weighted by molar-refractivity contribution is 7.98. The topological polar surface area (TPSA) is 112 Å². The van der Waals surface area contributed by atoms with Gasteiger partial charge in [0.2, 0.25) is 0 Å². The molecule has 0 atom stereocenters. The van der Waals surface area contributed by atoms with Crippen LogP contribution in [0, 0.1) is 5.41 Å². The van der Waals surface area contributed by atoms with Crippen molar-refractivity contribution in [2.75, 3.05) is 23.6 Å². The lowest BCUT2D eigenvalue weighted by Gasteiger charge is -2.12. The van der Waals surface area contributed by atoms with E-state index < -0.39 is 5.97 Å². The van der Waals surface area contributed by atoms with Crippen molar-refractivity contribution in [3.8, 4) is 0 Å². The Balaban J connectivity index is 2.28. The summed E-state index contributed by atoms with van der Waals surface area (Å²) >= 11 is 1.38. The van der Waals surface area contributed by atoms with Crippen molar-refractivity contribution in [3.05, 3.63) is 36.0 Å². The van der Waals surface area contributed by atoms with Crippen LogP contribution >= 0.6 is 11.8 Å². The number of ether oxygens (including phenoxy) is 1. The van der Waals surface area contributed by atoms with Crippen LogP contribution in [-0.4, -0.2) is 41.2 Å². The largest absolute Gasteiger partial charge is 0.462 e. The molecule has 2 rings (SSSR count). The third kappa shape index (κ3) is 5.28. The van der Waals surface area contributed by atoms with E-state index in [1.54, 1.807) is 13.0 Å². The predicted molar refractivity (Wildman–Crippen MR) is 100 cm³/mol. The number of nitrogens with zero attached hydrogens (tertiary/aromatic N) is 3. The van der Waals surface area contributed by atoms with Crippen LogP contribution in [0.5, 0.6) is 0 Å². The summed E-state index contributed by atoms with van der Waals surface area (Å²) in [7, 11) is 0. The number of esters is 1. The van der Waals surface area contributed by atoms with Crippen LogP contribution in [0.15, 0.2) is 40.7 Å². The van der Waals surface area contributed by atoms with Gasteiger partial charge in [-0.1, -0.05) is 17.8 Å². The Morgan fingerprint density at radius 3 is 2.96 bits per heavy atom. The first-order valence-electron chi connectivity index (χ1n) is 7.41. The molecule has 3 N–H and O–H groups in total. The number of hydrazone groups is 1.